The molecule has 0 aliphatic heterocycles. The molecule has 2 aromatic carbocycles. The van der Waals surface area contributed by atoms with Gasteiger partial charge in [-0.25, -0.2) is 4.79 Å². The SMILES string of the molecule is O=C(O[C@@H](C(=O)c1ccccc1)c1ccccc1)c1cccnc1. The molecule has 24 heavy (non-hydrogen) atoms. The van der Waals surface area contributed by atoms with Gasteiger partial charge in [0.1, 0.15) is 0 Å². The largest absolute Gasteiger partial charge is 0.445 e. The number of aromatic nitrogens is 1. The van der Waals surface area contributed by atoms with Crippen molar-refractivity contribution in [1.82, 2.24) is 4.98 Å². The van der Waals surface area contributed by atoms with Crippen molar-refractivity contribution < 1.29 is 14.3 Å². The van der Waals surface area contributed by atoms with Crippen molar-refractivity contribution in [2.24, 2.45) is 0 Å². The highest BCUT2D eigenvalue weighted by molar-refractivity contribution is 6.02. The number of hydrogen-bond acceptors (Lipinski definition) is 4. The van der Waals surface area contributed by atoms with E-state index >= 15 is 0 Å². The molecule has 0 spiro atoms. The number of carbonyl (C=O) groups excluding carboxylic acids is 2. The number of ether oxygens (including phenoxy) is 1. The van der Waals surface area contributed by atoms with Crippen LogP contribution in [-0.2, 0) is 4.74 Å². The minimum atomic E-state index is -0.999. The minimum Gasteiger partial charge on any atom is -0.445 e. The molecular weight excluding hydrogens is 302 g/mol. The molecule has 3 aromatic rings. The van der Waals surface area contributed by atoms with E-state index in [4.69, 9.17) is 4.74 Å². The number of Topliss-reactive ketones (excluding diaryl/α,β-unsaturated/α-hetero) is 1. The van der Waals surface area contributed by atoms with Crippen LogP contribution in [0.2, 0.25) is 0 Å². The number of benzene rings is 2. The molecule has 1 heterocycles. The lowest BCUT2D eigenvalue weighted by molar-refractivity contribution is 0.0279. The van der Waals surface area contributed by atoms with Crippen molar-refractivity contribution in [3.8, 4) is 0 Å². The normalized spacial score (nSPS) is 11.5. The molecule has 0 fully saturated rings. The van der Waals surface area contributed by atoms with E-state index in [0.717, 1.165) is 0 Å². The van der Waals surface area contributed by atoms with Crippen molar-refractivity contribution in [2.45, 2.75) is 6.10 Å². The van der Waals surface area contributed by atoms with E-state index < -0.39 is 12.1 Å². The Hall–Kier alpha value is -3.27. The summed E-state index contributed by atoms with van der Waals surface area (Å²) in [6.07, 6.45) is 1.99. The molecule has 0 radical (unpaired) electrons. The minimum absolute atomic E-state index is 0.265. The summed E-state index contributed by atoms with van der Waals surface area (Å²) < 4.78 is 5.51. The summed E-state index contributed by atoms with van der Waals surface area (Å²) in [7, 11) is 0. The maximum Gasteiger partial charge on any atom is 0.340 e. The van der Waals surface area contributed by atoms with Gasteiger partial charge >= 0.3 is 5.97 Å². The lowest BCUT2D eigenvalue weighted by atomic mass is 10.00. The van der Waals surface area contributed by atoms with Gasteiger partial charge in [0.25, 0.3) is 0 Å². The lowest BCUT2D eigenvalue weighted by Gasteiger charge is -2.17. The third-order valence-electron chi connectivity index (χ3n) is 3.52. The van der Waals surface area contributed by atoms with Gasteiger partial charge in [0.05, 0.1) is 5.56 Å². The zero-order valence-electron chi connectivity index (χ0n) is 12.8. The molecule has 4 nitrogen and oxygen atoms in total. The molecule has 0 saturated heterocycles. The quantitative estimate of drug-likeness (QED) is 0.529. The van der Waals surface area contributed by atoms with Gasteiger partial charge in [-0.15, -0.1) is 0 Å². The van der Waals surface area contributed by atoms with Gasteiger partial charge in [-0.1, -0.05) is 60.7 Å². The van der Waals surface area contributed by atoms with Crippen molar-refractivity contribution in [3.63, 3.8) is 0 Å². The van der Waals surface area contributed by atoms with Crippen LogP contribution in [-0.4, -0.2) is 16.7 Å². The summed E-state index contributed by atoms with van der Waals surface area (Å²) >= 11 is 0. The second kappa shape index (κ2) is 7.33. The van der Waals surface area contributed by atoms with Crippen LogP contribution in [0.4, 0.5) is 0 Å². The average molecular weight is 317 g/mol. The highest BCUT2D eigenvalue weighted by atomic mass is 16.5. The van der Waals surface area contributed by atoms with Gasteiger partial charge in [0, 0.05) is 23.5 Å². The van der Waals surface area contributed by atoms with E-state index in [-0.39, 0.29) is 5.78 Å². The van der Waals surface area contributed by atoms with Gasteiger partial charge < -0.3 is 4.74 Å². The van der Waals surface area contributed by atoms with Crippen molar-refractivity contribution in [3.05, 3.63) is 102 Å². The predicted octanol–water partition coefficient (Wildman–Crippen LogP) is 3.86. The fourth-order valence-electron chi connectivity index (χ4n) is 2.31. The van der Waals surface area contributed by atoms with E-state index in [1.807, 2.05) is 12.1 Å². The fraction of sp³-hybridized carbons (Fsp3) is 0.0500. The summed E-state index contributed by atoms with van der Waals surface area (Å²) in [5, 5.41) is 0. The Morgan fingerprint density at radius 1 is 0.792 bits per heavy atom. The summed E-state index contributed by atoms with van der Waals surface area (Å²) in [6.45, 7) is 0. The van der Waals surface area contributed by atoms with Crippen LogP contribution in [0.1, 0.15) is 32.4 Å². The molecule has 0 saturated carbocycles. The Balaban J connectivity index is 1.91. The fourth-order valence-corrected chi connectivity index (χ4v) is 2.31. The van der Waals surface area contributed by atoms with Crippen LogP contribution in [0, 0.1) is 0 Å². The first-order valence-corrected chi connectivity index (χ1v) is 7.51. The number of pyridine rings is 1. The Kier molecular flexibility index (Phi) is 4.77. The van der Waals surface area contributed by atoms with Gasteiger partial charge in [0.15, 0.2) is 6.10 Å². The number of carbonyl (C=O) groups is 2. The summed E-state index contributed by atoms with van der Waals surface area (Å²) in [5.41, 5.74) is 1.42. The third-order valence-corrected chi connectivity index (χ3v) is 3.52. The molecule has 1 aromatic heterocycles. The molecular formula is C20H15NO3. The highest BCUT2D eigenvalue weighted by Gasteiger charge is 2.26. The van der Waals surface area contributed by atoms with Crippen molar-refractivity contribution in [1.29, 1.82) is 0 Å². The number of esters is 1. The maximum atomic E-state index is 12.8. The van der Waals surface area contributed by atoms with E-state index in [9.17, 15) is 9.59 Å². The molecule has 0 bridgehead atoms. The number of rotatable bonds is 5. The van der Waals surface area contributed by atoms with Crippen LogP contribution in [0.25, 0.3) is 0 Å². The number of hydrogen-bond donors (Lipinski definition) is 0. The van der Waals surface area contributed by atoms with Gasteiger partial charge in [-0.05, 0) is 12.1 Å². The lowest BCUT2D eigenvalue weighted by Crippen LogP contribution is -2.20. The van der Waals surface area contributed by atoms with Crippen LogP contribution in [0.5, 0.6) is 0 Å². The van der Waals surface area contributed by atoms with Crippen LogP contribution >= 0.6 is 0 Å². The predicted molar refractivity (Wildman–Crippen MR) is 89.6 cm³/mol. The van der Waals surface area contributed by atoms with E-state index in [1.165, 1.54) is 6.20 Å². The first-order valence-electron chi connectivity index (χ1n) is 7.51. The van der Waals surface area contributed by atoms with Gasteiger partial charge in [-0.3, -0.25) is 9.78 Å². The second-order valence-electron chi connectivity index (χ2n) is 5.17. The molecule has 0 amide bonds. The molecule has 4 heteroatoms. The molecule has 0 N–H and O–H groups in total. The Morgan fingerprint density at radius 3 is 2.04 bits per heavy atom. The topological polar surface area (TPSA) is 56.3 Å². The third kappa shape index (κ3) is 3.55. The van der Waals surface area contributed by atoms with E-state index in [1.54, 1.807) is 66.9 Å². The Morgan fingerprint density at radius 2 is 1.42 bits per heavy atom. The van der Waals surface area contributed by atoms with Gasteiger partial charge in [-0.2, -0.15) is 0 Å². The molecule has 0 aliphatic rings. The van der Waals surface area contributed by atoms with E-state index in [2.05, 4.69) is 4.98 Å². The molecule has 3 rings (SSSR count). The Labute approximate surface area is 139 Å². The second-order valence-corrected chi connectivity index (χ2v) is 5.17. The monoisotopic (exact) mass is 317 g/mol. The Bertz CT molecular complexity index is 817. The highest BCUT2D eigenvalue weighted by Crippen LogP contribution is 2.23. The number of nitrogens with zero attached hydrogens (tertiary/aromatic N) is 1. The maximum absolute atomic E-state index is 12.8. The van der Waals surface area contributed by atoms with Crippen LogP contribution in [0.3, 0.4) is 0 Å². The summed E-state index contributed by atoms with van der Waals surface area (Å²) in [5.74, 6) is -0.847. The number of ketones is 1. The molecule has 0 unspecified atom stereocenters. The first kappa shape index (κ1) is 15.6. The zero-order valence-corrected chi connectivity index (χ0v) is 12.8. The molecule has 0 aliphatic carbocycles. The summed E-state index contributed by atoms with van der Waals surface area (Å²) in [6, 6.07) is 21.0. The summed E-state index contributed by atoms with van der Waals surface area (Å²) in [4.78, 5) is 29.1. The standard InChI is InChI=1S/C20H15NO3/c22-18(15-8-3-1-4-9-15)19(16-10-5-2-6-11-16)24-20(23)17-12-7-13-21-14-17/h1-14,19H/t19-/m1/s1. The smallest absolute Gasteiger partial charge is 0.340 e. The van der Waals surface area contributed by atoms with Crippen LogP contribution < -0.4 is 0 Å². The molecule has 118 valence electrons. The average Bonchev–Trinajstić information content (AvgIpc) is 2.67. The van der Waals surface area contributed by atoms with Crippen molar-refractivity contribution in [2.75, 3.05) is 0 Å². The van der Waals surface area contributed by atoms with Crippen molar-refractivity contribution >= 4 is 11.8 Å². The first-order chi connectivity index (χ1) is 11.8. The van der Waals surface area contributed by atoms with Crippen LogP contribution in [0.15, 0.2) is 85.2 Å². The zero-order chi connectivity index (χ0) is 16.8. The van der Waals surface area contributed by atoms with Gasteiger partial charge in [0.2, 0.25) is 5.78 Å². The van der Waals surface area contributed by atoms with E-state index in [0.29, 0.717) is 16.7 Å². The molecule has 1 atom stereocenters.